The van der Waals surface area contributed by atoms with Gasteiger partial charge in [0.15, 0.2) is 0 Å². The summed E-state index contributed by atoms with van der Waals surface area (Å²) in [6.45, 7) is 3.88. The molecule has 0 saturated heterocycles. The molecule has 1 rings (SSSR count). The van der Waals surface area contributed by atoms with Gasteiger partial charge in [-0.15, -0.1) is 11.8 Å². The average Bonchev–Trinajstić information content (AvgIpc) is 2.34. The predicted octanol–water partition coefficient (Wildman–Crippen LogP) is 2.95. The first-order valence-electron chi connectivity index (χ1n) is 5.95. The lowest BCUT2D eigenvalue weighted by molar-refractivity contribution is -0.479. The molecule has 0 aliphatic carbocycles. The van der Waals surface area contributed by atoms with E-state index in [1.807, 2.05) is 24.3 Å². The lowest BCUT2D eigenvalue weighted by Gasteiger charge is -2.13. The molecule has 19 heavy (non-hydrogen) atoms. The maximum atomic E-state index is 10.6. The van der Waals surface area contributed by atoms with Gasteiger partial charge < -0.3 is 5.11 Å². The molecule has 1 N–H and O–H groups in total. The monoisotopic (exact) mass is 283 g/mol. The molecule has 104 valence electrons. The maximum Gasteiger partial charge on any atom is 0.313 e. The number of nitro groups is 1. The molecule has 0 aliphatic heterocycles. The minimum Gasteiger partial charge on any atom is -0.481 e. The second-order valence-corrected chi connectivity index (χ2v) is 5.72. The minimum absolute atomic E-state index is 0.134. The van der Waals surface area contributed by atoms with Crippen LogP contribution in [0.5, 0.6) is 0 Å². The van der Waals surface area contributed by atoms with Crippen molar-refractivity contribution in [1.29, 1.82) is 0 Å². The Hall–Kier alpha value is -1.56. The molecule has 0 heterocycles. The van der Waals surface area contributed by atoms with Gasteiger partial charge in [-0.2, -0.15) is 0 Å². The van der Waals surface area contributed by atoms with E-state index >= 15 is 0 Å². The SMILES string of the molecule is CC(C)c1ccc(C(C[N+](=O)[O-])SCC(=O)O)cc1. The van der Waals surface area contributed by atoms with Crippen molar-refractivity contribution in [2.45, 2.75) is 25.0 Å². The Morgan fingerprint density at radius 3 is 2.26 bits per heavy atom. The number of hydrogen-bond acceptors (Lipinski definition) is 4. The summed E-state index contributed by atoms with van der Waals surface area (Å²) in [5.41, 5.74) is 1.96. The summed E-state index contributed by atoms with van der Waals surface area (Å²) in [5.74, 6) is -0.698. The summed E-state index contributed by atoms with van der Waals surface area (Å²) in [5, 5.41) is 18.9. The van der Waals surface area contributed by atoms with E-state index in [9.17, 15) is 14.9 Å². The van der Waals surface area contributed by atoms with Crippen LogP contribution in [0.3, 0.4) is 0 Å². The van der Waals surface area contributed by atoms with Crippen molar-refractivity contribution in [2.24, 2.45) is 0 Å². The van der Waals surface area contributed by atoms with E-state index < -0.39 is 16.1 Å². The van der Waals surface area contributed by atoms with Crippen LogP contribution in [0.15, 0.2) is 24.3 Å². The first-order valence-corrected chi connectivity index (χ1v) is 7.00. The van der Waals surface area contributed by atoms with Crippen LogP contribution < -0.4 is 0 Å². The van der Waals surface area contributed by atoms with Crippen LogP contribution in [0.25, 0.3) is 0 Å². The number of carboxylic acids is 1. The molecule has 0 bridgehead atoms. The van der Waals surface area contributed by atoms with Crippen molar-refractivity contribution in [3.05, 3.63) is 45.5 Å². The fourth-order valence-electron chi connectivity index (χ4n) is 1.66. The Balaban J connectivity index is 2.83. The predicted molar refractivity (Wildman–Crippen MR) is 75.2 cm³/mol. The van der Waals surface area contributed by atoms with Crippen molar-refractivity contribution < 1.29 is 14.8 Å². The number of hydrogen-bond donors (Lipinski definition) is 1. The number of nitrogens with zero attached hydrogens (tertiary/aromatic N) is 1. The summed E-state index contributed by atoms with van der Waals surface area (Å²) in [6, 6.07) is 7.57. The van der Waals surface area contributed by atoms with Crippen molar-refractivity contribution in [3.63, 3.8) is 0 Å². The van der Waals surface area contributed by atoms with Crippen LogP contribution in [0.1, 0.15) is 36.1 Å². The van der Waals surface area contributed by atoms with Gasteiger partial charge in [0, 0.05) is 4.92 Å². The van der Waals surface area contributed by atoms with Gasteiger partial charge in [0.05, 0.1) is 11.0 Å². The fraction of sp³-hybridized carbons (Fsp3) is 0.462. The molecule has 5 nitrogen and oxygen atoms in total. The highest BCUT2D eigenvalue weighted by Crippen LogP contribution is 2.30. The zero-order chi connectivity index (χ0) is 14.4. The maximum absolute atomic E-state index is 10.6. The van der Waals surface area contributed by atoms with Gasteiger partial charge in [-0.3, -0.25) is 14.9 Å². The van der Waals surface area contributed by atoms with E-state index in [0.717, 1.165) is 22.9 Å². The molecule has 0 saturated carbocycles. The van der Waals surface area contributed by atoms with Crippen molar-refractivity contribution >= 4 is 17.7 Å². The molecule has 0 spiro atoms. The summed E-state index contributed by atoms with van der Waals surface area (Å²) in [4.78, 5) is 20.8. The van der Waals surface area contributed by atoms with Crippen LogP contribution in [0.4, 0.5) is 0 Å². The molecule has 0 amide bonds. The molecular formula is C13H17NO4S. The Bertz CT molecular complexity index is 444. The highest BCUT2D eigenvalue weighted by molar-refractivity contribution is 8.00. The first-order chi connectivity index (χ1) is 8.90. The third kappa shape index (κ3) is 5.30. The molecule has 0 aromatic heterocycles. The highest BCUT2D eigenvalue weighted by Gasteiger charge is 2.19. The molecule has 1 atom stereocenters. The van der Waals surface area contributed by atoms with Crippen LogP contribution in [0, 0.1) is 10.1 Å². The smallest absolute Gasteiger partial charge is 0.313 e. The summed E-state index contributed by atoms with van der Waals surface area (Å²) in [7, 11) is 0. The number of aliphatic carboxylic acids is 1. The van der Waals surface area contributed by atoms with Gasteiger partial charge in [-0.05, 0) is 17.0 Å². The van der Waals surface area contributed by atoms with Crippen LogP contribution in [-0.2, 0) is 4.79 Å². The Kier molecular flexibility index (Phi) is 5.82. The molecule has 0 fully saturated rings. The number of carboxylic acid groups (broad SMARTS) is 1. The van der Waals surface area contributed by atoms with Crippen LogP contribution in [0.2, 0.25) is 0 Å². The molecule has 1 aromatic rings. The standard InChI is InChI=1S/C13H17NO4S/c1-9(2)10-3-5-11(6-4-10)12(7-14(17)18)19-8-13(15)16/h3-6,9,12H,7-8H2,1-2H3,(H,15,16). The molecule has 1 aromatic carbocycles. The largest absolute Gasteiger partial charge is 0.481 e. The molecular weight excluding hydrogens is 266 g/mol. The molecule has 1 unspecified atom stereocenters. The van der Waals surface area contributed by atoms with Crippen LogP contribution >= 0.6 is 11.8 Å². The quantitative estimate of drug-likeness (QED) is 0.614. The first kappa shape index (κ1) is 15.5. The topological polar surface area (TPSA) is 80.4 Å². The molecule has 0 radical (unpaired) electrons. The zero-order valence-corrected chi connectivity index (χ0v) is 11.7. The van der Waals surface area contributed by atoms with Gasteiger partial charge in [-0.1, -0.05) is 38.1 Å². The van der Waals surface area contributed by atoms with Gasteiger partial charge in [0.25, 0.3) is 0 Å². The average molecular weight is 283 g/mol. The van der Waals surface area contributed by atoms with E-state index in [0.29, 0.717) is 5.92 Å². The minimum atomic E-state index is -0.961. The number of benzene rings is 1. The lowest BCUT2D eigenvalue weighted by atomic mass is 10.0. The summed E-state index contributed by atoms with van der Waals surface area (Å²) >= 11 is 1.08. The second kappa shape index (κ2) is 7.13. The van der Waals surface area contributed by atoms with Crippen molar-refractivity contribution in [3.8, 4) is 0 Å². The van der Waals surface area contributed by atoms with Gasteiger partial charge in [0.1, 0.15) is 0 Å². The zero-order valence-electron chi connectivity index (χ0n) is 10.9. The third-order valence-corrected chi connectivity index (χ3v) is 3.94. The lowest BCUT2D eigenvalue weighted by Crippen LogP contribution is -2.12. The van der Waals surface area contributed by atoms with Gasteiger partial charge in [0.2, 0.25) is 6.54 Å². The number of rotatable bonds is 7. The normalized spacial score (nSPS) is 12.4. The van der Waals surface area contributed by atoms with E-state index in [2.05, 4.69) is 13.8 Å². The third-order valence-electron chi connectivity index (χ3n) is 2.70. The van der Waals surface area contributed by atoms with E-state index in [1.165, 1.54) is 0 Å². The van der Waals surface area contributed by atoms with Crippen LogP contribution in [-0.4, -0.2) is 28.3 Å². The molecule has 0 aliphatic rings. The van der Waals surface area contributed by atoms with Crippen molar-refractivity contribution in [2.75, 3.05) is 12.3 Å². The summed E-state index contributed by atoms with van der Waals surface area (Å²) < 4.78 is 0. The summed E-state index contributed by atoms with van der Waals surface area (Å²) in [6.07, 6.45) is 0. The van der Waals surface area contributed by atoms with Crippen molar-refractivity contribution in [1.82, 2.24) is 0 Å². The Labute approximate surface area is 116 Å². The number of carbonyl (C=O) groups is 1. The highest BCUT2D eigenvalue weighted by atomic mass is 32.2. The number of thioether (sulfide) groups is 1. The fourth-order valence-corrected chi connectivity index (χ4v) is 2.58. The van der Waals surface area contributed by atoms with E-state index in [1.54, 1.807) is 0 Å². The Morgan fingerprint density at radius 1 is 1.32 bits per heavy atom. The van der Waals surface area contributed by atoms with Gasteiger partial charge in [-0.25, -0.2) is 0 Å². The molecule has 6 heteroatoms. The van der Waals surface area contributed by atoms with E-state index in [-0.39, 0.29) is 12.3 Å². The second-order valence-electron chi connectivity index (χ2n) is 4.53. The van der Waals surface area contributed by atoms with E-state index in [4.69, 9.17) is 5.11 Å². The van der Waals surface area contributed by atoms with Gasteiger partial charge >= 0.3 is 5.97 Å². The Morgan fingerprint density at radius 2 is 1.84 bits per heavy atom.